The zero-order chi connectivity index (χ0) is 13.0. The number of nitrogens with zero attached hydrogens (tertiary/aromatic N) is 1. The first-order valence-electron chi connectivity index (χ1n) is 4.85. The average molecular weight is 251 g/mol. The maximum Gasteiger partial charge on any atom is 0.326 e. The molecule has 0 bridgehead atoms. The number of carbonyl (C=O) groups excluding carboxylic acids is 1. The van der Waals surface area contributed by atoms with Crippen LogP contribution in [0.5, 0.6) is 0 Å². The van der Waals surface area contributed by atoms with Crippen molar-refractivity contribution in [2.75, 3.05) is 6.16 Å². The molecule has 1 amide bonds. The summed E-state index contributed by atoms with van der Waals surface area (Å²) < 4.78 is 11.0. The van der Waals surface area contributed by atoms with Gasteiger partial charge >= 0.3 is 7.60 Å². The number of carbonyl (C=O) groups is 1. The van der Waals surface area contributed by atoms with Gasteiger partial charge in [0.25, 0.3) is 5.91 Å². The maximum atomic E-state index is 11.7. The quantitative estimate of drug-likeness (QED) is 0.302. The zero-order valence-corrected chi connectivity index (χ0v) is 10.3. The summed E-state index contributed by atoms with van der Waals surface area (Å²) in [6.07, 6.45) is -0.00292. The molecule has 0 aromatic rings. The Labute approximate surface area is 94.1 Å². The van der Waals surface area contributed by atoms with E-state index in [1.54, 1.807) is 13.8 Å². The summed E-state index contributed by atoms with van der Waals surface area (Å²) in [7, 11) is -4.29. The van der Waals surface area contributed by atoms with Crippen molar-refractivity contribution in [2.24, 2.45) is 21.9 Å². The fourth-order valence-electron chi connectivity index (χ4n) is 1.47. The number of aliphatic imine (C=N–C) groups is 1. The van der Waals surface area contributed by atoms with Crippen LogP contribution in [0.25, 0.3) is 0 Å². The molecule has 0 atom stereocenters. The molecule has 0 aromatic heterocycles. The molecule has 0 heterocycles. The summed E-state index contributed by atoms with van der Waals surface area (Å²) in [5.41, 5.74) is 8.96. The van der Waals surface area contributed by atoms with Crippen molar-refractivity contribution in [3.8, 4) is 0 Å². The molecule has 0 fully saturated rings. The summed E-state index contributed by atoms with van der Waals surface area (Å²) in [5, 5.41) is 0. The molecule has 0 radical (unpaired) electrons. The van der Waals surface area contributed by atoms with Crippen molar-refractivity contribution < 1.29 is 19.1 Å². The second kappa shape index (κ2) is 5.43. The normalized spacial score (nSPS) is 12.2. The van der Waals surface area contributed by atoms with Gasteiger partial charge in [-0.25, -0.2) is 0 Å². The highest BCUT2D eigenvalue weighted by Crippen LogP contribution is 2.45. The number of rotatable bonds is 5. The molecular formula is C8H18N3O4P. The van der Waals surface area contributed by atoms with Gasteiger partial charge in [-0.3, -0.25) is 9.36 Å². The fraction of sp³-hybridized carbons (Fsp3) is 0.750. The van der Waals surface area contributed by atoms with Gasteiger partial charge in [-0.05, 0) is 12.8 Å². The lowest BCUT2D eigenvalue weighted by Gasteiger charge is -2.27. The molecule has 0 rings (SSSR count). The summed E-state index contributed by atoms with van der Waals surface area (Å²) in [4.78, 5) is 33.0. The Kier molecular flexibility index (Phi) is 5.12. The summed E-state index contributed by atoms with van der Waals surface area (Å²) in [6.45, 7) is 3.33. The number of hydrogen-bond acceptors (Lipinski definition) is 2. The number of guanidine groups is 1. The Morgan fingerprint density at radius 2 is 1.75 bits per heavy atom. The van der Waals surface area contributed by atoms with Crippen LogP contribution in [0.1, 0.15) is 26.7 Å². The highest BCUT2D eigenvalue weighted by molar-refractivity contribution is 7.51. The van der Waals surface area contributed by atoms with Gasteiger partial charge in [0.05, 0.1) is 11.6 Å². The predicted octanol–water partition coefficient (Wildman–Crippen LogP) is -0.229. The molecule has 0 aliphatic heterocycles. The van der Waals surface area contributed by atoms with Gasteiger partial charge in [0.2, 0.25) is 0 Å². The minimum absolute atomic E-state index is 0.268. The highest BCUT2D eigenvalue weighted by Gasteiger charge is 2.40. The van der Waals surface area contributed by atoms with Crippen molar-refractivity contribution in [1.82, 2.24) is 0 Å². The van der Waals surface area contributed by atoms with Gasteiger partial charge in [-0.15, -0.1) is 0 Å². The van der Waals surface area contributed by atoms with E-state index in [1.165, 1.54) is 0 Å². The van der Waals surface area contributed by atoms with Gasteiger partial charge in [-0.1, -0.05) is 13.8 Å². The average Bonchev–Trinajstić information content (AvgIpc) is 2.11. The highest BCUT2D eigenvalue weighted by atomic mass is 31.2. The molecule has 0 aromatic carbocycles. The third-order valence-electron chi connectivity index (χ3n) is 2.55. The van der Waals surface area contributed by atoms with Gasteiger partial charge in [0.1, 0.15) is 0 Å². The topological polar surface area (TPSA) is 139 Å². The maximum absolute atomic E-state index is 11.7. The molecule has 0 aliphatic carbocycles. The van der Waals surface area contributed by atoms with Crippen molar-refractivity contribution in [2.45, 2.75) is 26.7 Å². The molecular weight excluding hydrogens is 233 g/mol. The lowest BCUT2D eigenvalue weighted by molar-refractivity contribution is -0.126. The minimum atomic E-state index is -4.29. The number of nitrogens with two attached hydrogens (primary N) is 2. The zero-order valence-electron chi connectivity index (χ0n) is 9.38. The molecule has 0 aliphatic rings. The first-order valence-corrected chi connectivity index (χ1v) is 6.65. The molecule has 7 nitrogen and oxygen atoms in total. The van der Waals surface area contributed by atoms with Crippen LogP contribution in [0.15, 0.2) is 4.99 Å². The first-order chi connectivity index (χ1) is 7.17. The molecule has 8 heteroatoms. The van der Waals surface area contributed by atoms with E-state index in [1.807, 2.05) is 0 Å². The third kappa shape index (κ3) is 4.30. The van der Waals surface area contributed by atoms with Crippen molar-refractivity contribution in [1.29, 1.82) is 0 Å². The molecule has 16 heavy (non-hydrogen) atoms. The Morgan fingerprint density at radius 3 is 2.00 bits per heavy atom. The second-order valence-corrected chi connectivity index (χ2v) is 5.30. The lowest BCUT2D eigenvalue weighted by atomic mass is 9.83. The molecule has 0 saturated carbocycles. The largest absolute Gasteiger partial charge is 0.370 e. The fourth-order valence-corrected chi connectivity index (χ4v) is 2.84. The molecule has 6 N–H and O–H groups in total. The van der Waals surface area contributed by atoms with Crippen LogP contribution in [-0.2, 0) is 9.36 Å². The summed E-state index contributed by atoms with van der Waals surface area (Å²) in [6, 6.07) is 0. The lowest BCUT2D eigenvalue weighted by Crippen LogP contribution is -2.35. The van der Waals surface area contributed by atoms with Crippen LogP contribution < -0.4 is 11.5 Å². The van der Waals surface area contributed by atoms with Gasteiger partial charge < -0.3 is 21.3 Å². The smallest absolute Gasteiger partial charge is 0.326 e. The predicted molar refractivity (Wildman–Crippen MR) is 60.7 cm³/mol. The van der Waals surface area contributed by atoms with E-state index in [4.69, 9.17) is 21.3 Å². The van der Waals surface area contributed by atoms with E-state index in [2.05, 4.69) is 4.99 Å². The Morgan fingerprint density at radius 1 is 1.31 bits per heavy atom. The van der Waals surface area contributed by atoms with Crippen molar-refractivity contribution in [3.63, 3.8) is 0 Å². The standard InChI is InChI=1S/C8H18N3O4P/c1-3-8(4-2,5-16(13,14)15)6(12)11-7(9)10/h3-5H2,1-2H3,(H2,13,14,15)(H4,9,10,11,12). The summed E-state index contributed by atoms with van der Waals surface area (Å²) >= 11 is 0. The van der Waals surface area contributed by atoms with Crippen molar-refractivity contribution >= 4 is 19.5 Å². The van der Waals surface area contributed by atoms with E-state index < -0.39 is 31.0 Å². The molecule has 0 unspecified atom stereocenters. The van der Waals surface area contributed by atoms with Crippen LogP contribution in [0.2, 0.25) is 0 Å². The summed E-state index contributed by atoms with van der Waals surface area (Å²) in [5.74, 6) is -1.08. The van der Waals surface area contributed by atoms with Crippen LogP contribution >= 0.6 is 7.60 Å². The van der Waals surface area contributed by atoms with Gasteiger partial charge in [0, 0.05) is 0 Å². The Balaban J connectivity index is 5.18. The number of hydrogen-bond donors (Lipinski definition) is 4. The van der Waals surface area contributed by atoms with Crippen LogP contribution in [0, 0.1) is 5.41 Å². The minimum Gasteiger partial charge on any atom is -0.370 e. The molecule has 0 saturated heterocycles. The Bertz CT molecular complexity index is 328. The van der Waals surface area contributed by atoms with Crippen LogP contribution in [0.4, 0.5) is 0 Å². The Hall–Kier alpha value is -0.910. The molecule has 0 spiro atoms. The van der Waals surface area contributed by atoms with E-state index >= 15 is 0 Å². The molecule has 94 valence electrons. The van der Waals surface area contributed by atoms with E-state index in [0.29, 0.717) is 0 Å². The van der Waals surface area contributed by atoms with E-state index in [-0.39, 0.29) is 12.8 Å². The van der Waals surface area contributed by atoms with Gasteiger partial charge in [0.15, 0.2) is 5.96 Å². The number of amides is 1. The monoisotopic (exact) mass is 251 g/mol. The van der Waals surface area contributed by atoms with Crippen LogP contribution in [-0.4, -0.2) is 27.8 Å². The first kappa shape index (κ1) is 15.1. The van der Waals surface area contributed by atoms with Crippen LogP contribution in [0.3, 0.4) is 0 Å². The second-order valence-electron chi connectivity index (χ2n) is 3.65. The SMILES string of the molecule is CCC(CC)(CP(=O)(O)O)C(=O)N=C(N)N. The third-order valence-corrected chi connectivity index (χ3v) is 3.56. The van der Waals surface area contributed by atoms with Gasteiger partial charge in [-0.2, -0.15) is 4.99 Å². The van der Waals surface area contributed by atoms with Crippen molar-refractivity contribution in [3.05, 3.63) is 0 Å². The van der Waals surface area contributed by atoms with E-state index in [9.17, 15) is 9.36 Å². The van der Waals surface area contributed by atoms with E-state index in [0.717, 1.165) is 0 Å².